The van der Waals surface area contributed by atoms with Crippen molar-refractivity contribution in [2.45, 2.75) is 40.2 Å². The summed E-state index contributed by atoms with van der Waals surface area (Å²) >= 11 is 0. The molecule has 64 valence electrons. The molecule has 0 rings (SSSR count). The summed E-state index contributed by atoms with van der Waals surface area (Å²) in [6.45, 7) is 11.4. The van der Waals surface area contributed by atoms with E-state index in [0.29, 0.717) is 5.92 Å². The molecule has 0 unspecified atom stereocenters. The molecule has 0 aromatic heterocycles. The molecule has 0 aliphatic carbocycles. The van der Waals surface area contributed by atoms with Crippen LogP contribution in [0.2, 0.25) is 0 Å². The van der Waals surface area contributed by atoms with Crippen molar-refractivity contribution in [1.82, 2.24) is 5.32 Å². The molecule has 0 aromatic rings. The molecule has 1 nitrogen and oxygen atoms in total. The number of nitrogens with one attached hydrogen (secondary N) is 1. The molecule has 0 heterocycles. The number of rotatable bonds is 1. The van der Waals surface area contributed by atoms with Crippen LogP contribution in [0.3, 0.4) is 0 Å². The average molecular weight is 153 g/mol. The van der Waals surface area contributed by atoms with E-state index in [9.17, 15) is 0 Å². The van der Waals surface area contributed by atoms with Gasteiger partial charge in [0.1, 0.15) is 0 Å². The van der Waals surface area contributed by atoms with Crippen LogP contribution >= 0.6 is 0 Å². The van der Waals surface area contributed by atoms with Crippen LogP contribution in [0.25, 0.3) is 0 Å². The van der Waals surface area contributed by atoms with E-state index in [4.69, 9.17) is 0 Å². The molecule has 0 spiro atoms. The zero-order chi connectivity index (χ0) is 8.91. The van der Waals surface area contributed by atoms with Crippen LogP contribution in [0.4, 0.5) is 0 Å². The van der Waals surface area contributed by atoms with Crippen LogP contribution in [0.15, 0.2) is 0 Å². The van der Waals surface area contributed by atoms with E-state index in [1.54, 1.807) is 0 Å². The molecule has 0 aromatic carbocycles. The summed E-state index contributed by atoms with van der Waals surface area (Å²) in [5.41, 5.74) is 0.186. The van der Waals surface area contributed by atoms with Crippen molar-refractivity contribution in [3.05, 3.63) is 0 Å². The first kappa shape index (κ1) is 10.5. The molecule has 0 radical (unpaired) electrons. The van der Waals surface area contributed by atoms with Crippen molar-refractivity contribution in [3.63, 3.8) is 0 Å². The van der Waals surface area contributed by atoms with Gasteiger partial charge in [0.15, 0.2) is 0 Å². The molecule has 0 saturated heterocycles. The van der Waals surface area contributed by atoms with Crippen LogP contribution in [0.1, 0.15) is 34.6 Å². The topological polar surface area (TPSA) is 12.0 Å². The van der Waals surface area contributed by atoms with Gasteiger partial charge >= 0.3 is 0 Å². The Labute approximate surface area is 70.6 Å². The summed E-state index contributed by atoms with van der Waals surface area (Å²) in [7, 11) is 0. The van der Waals surface area contributed by atoms with E-state index in [1.165, 1.54) is 0 Å². The van der Waals surface area contributed by atoms with E-state index in [0.717, 1.165) is 6.54 Å². The smallest absolute Gasteiger partial charge is 0.0580 e. The van der Waals surface area contributed by atoms with Gasteiger partial charge in [0.2, 0.25) is 0 Å². The fourth-order valence-corrected chi connectivity index (χ4v) is 0.565. The van der Waals surface area contributed by atoms with Crippen molar-refractivity contribution in [2.75, 3.05) is 6.54 Å². The van der Waals surface area contributed by atoms with Crippen molar-refractivity contribution in [2.24, 2.45) is 5.92 Å². The Bertz CT molecular complexity index is 152. The normalized spacial score (nSPS) is 11.1. The third-order valence-corrected chi connectivity index (χ3v) is 1.10. The minimum atomic E-state index is 0.186. The van der Waals surface area contributed by atoms with Crippen LogP contribution in [-0.2, 0) is 0 Å². The Balaban J connectivity index is 3.52. The van der Waals surface area contributed by atoms with Gasteiger partial charge in [-0.25, -0.2) is 0 Å². The molecule has 0 aliphatic heterocycles. The third kappa shape index (κ3) is 9.52. The lowest BCUT2D eigenvalue weighted by Crippen LogP contribution is -2.35. The molecular formula is C10H19N. The molecule has 0 saturated carbocycles. The van der Waals surface area contributed by atoms with E-state index in [2.05, 4.69) is 51.8 Å². The highest BCUT2D eigenvalue weighted by Gasteiger charge is 2.05. The minimum Gasteiger partial charge on any atom is -0.301 e. The minimum absolute atomic E-state index is 0.186. The average Bonchev–Trinajstić information content (AvgIpc) is 1.78. The standard InChI is InChI=1S/C10H19N/c1-9(2)7-6-8-11-10(3,4)5/h9,11H,8H2,1-5H3. The Kier molecular flexibility index (Phi) is 4.22. The van der Waals surface area contributed by atoms with Crippen molar-refractivity contribution >= 4 is 0 Å². The van der Waals surface area contributed by atoms with Crippen LogP contribution in [0.5, 0.6) is 0 Å². The van der Waals surface area contributed by atoms with Gasteiger partial charge < -0.3 is 5.32 Å². The molecule has 0 atom stereocenters. The van der Waals surface area contributed by atoms with E-state index in [1.807, 2.05) is 0 Å². The van der Waals surface area contributed by atoms with Gasteiger partial charge in [-0.05, 0) is 20.8 Å². The van der Waals surface area contributed by atoms with Gasteiger partial charge in [-0.2, -0.15) is 0 Å². The zero-order valence-electron chi connectivity index (χ0n) is 8.28. The van der Waals surface area contributed by atoms with Crippen molar-refractivity contribution < 1.29 is 0 Å². The Hall–Kier alpha value is -0.480. The highest BCUT2D eigenvalue weighted by molar-refractivity contribution is 5.03. The Morgan fingerprint density at radius 1 is 1.27 bits per heavy atom. The number of hydrogen-bond donors (Lipinski definition) is 1. The lowest BCUT2D eigenvalue weighted by Gasteiger charge is -2.18. The van der Waals surface area contributed by atoms with Crippen molar-refractivity contribution in [3.8, 4) is 11.8 Å². The molecule has 0 fully saturated rings. The maximum absolute atomic E-state index is 3.30. The lowest BCUT2D eigenvalue weighted by molar-refractivity contribution is 0.452. The summed E-state index contributed by atoms with van der Waals surface area (Å²) in [6, 6.07) is 0. The predicted octanol–water partition coefficient (Wildman–Crippen LogP) is 2.03. The molecule has 11 heavy (non-hydrogen) atoms. The first-order valence-corrected chi connectivity index (χ1v) is 4.15. The maximum Gasteiger partial charge on any atom is 0.0580 e. The molecule has 1 N–H and O–H groups in total. The first-order chi connectivity index (χ1) is 4.92. The van der Waals surface area contributed by atoms with Crippen LogP contribution in [0, 0.1) is 17.8 Å². The van der Waals surface area contributed by atoms with E-state index in [-0.39, 0.29) is 5.54 Å². The van der Waals surface area contributed by atoms with Gasteiger partial charge in [-0.3, -0.25) is 0 Å². The highest BCUT2D eigenvalue weighted by atomic mass is 14.9. The maximum atomic E-state index is 3.30. The van der Waals surface area contributed by atoms with E-state index >= 15 is 0 Å². The first-order valence-electron chi connectivity index (χ1n) is 4.15. The molecular weight excluding hydrogens is 134 g/mol. The van der Waals surface area contributed by atoms with Gasteiger partial charge in [0, 0.05) is 11.5 Å². The Morgan fingerprint density at radius 3 is 2.18 bits per heavy atom. The fourth-order valence-electron chi connectivity index (χ4n) is 0.565. The quantitative estimate of drug-likeness (QED) is 0.568. The lowest BCUT2D eigenvalue weighted by atomic mass is 10.1. The summed E-state index contributed by atoms with van der Waals surface area (Å²) in [4.78, 5) is 0. The zero-order valence-corrected chi connectivity index (χ0v) is 8.28. The van der Waals surface area contributed by atoms with Crippen LogP contribution < -0.4 is 5.32 Å². The largest absolute Gasteiger partial charge is 0.301 e. The second-order valence-corrected chi connectivity index (χ2v) is 4.08. The third-order valence-electron chi connectivity index (χ3n) is 1.10. The fraction of sp³-hybridized carbons (Fsp3) is 0.800. The second-order valence-electron chi connectivity index (χ2n) is 4.08. The summed E-state index contributed by atoms with van der Waals surface area (Å²) in [5, 5.41) is 3.30. The number of hydrogen-bond acceptors (Lipinski definition) is 1. The monoisotopic (exact) mass is 153 g/mol. The summed E-state index contributed by atoms with van der Waals surface area (Å²) < 4.78 is 0. The van der Waals surface area contributed by atoms with Crippen LogP contribution in [-0.4, -0.2) is 12.1 Å². The Morgan fingerprint density at radius 2 is 1.82 bits per heavy atom. The second kappa shape index (κ2) is 4.41. The van der Waals surface area contributed by atoms with Gasteiger partial charge in [-0.15, -0.1) is 0 Å². The summed E-state index contributed by atoms with van der Waals surface area (Å²) in [5.74, 6) is 6.67. The summed E-state index contributed by atoms with van der Waals surface area (Å²) in [6.07, 6.45) is 0. The van der Waals surface area contributed by atoms with Gasteiger partial charge in [0.05, 0.1) is 6.54 Å². The van der Waals surface area contributed by atoms with Gasteiger partial charge in [-0.1, -0.05) is 25.7 Å². The SMILES string of the molecule is CC(C)C#CCNC(C)(C)C. The molecule has 0 aliphatic rings. The highest BCUT2D eigenvalue weighted by Crippen LogP contribution is 1.96. The molecule has 0 bridgehead atoms. The van der Waals surface area contributed by atoms with Crippen molar-refractivity contribution in [1.29, 1.82) is 0 Å². The van der Waals surface area contributed by atoms with E-state index < -0.39 is 0 Å². The van der Waals surface area contributed by atoms with Gasteiger partial charge in [0.25, 0.3) is 0 Å². The predicted molar refractivity (Wildman–Crippen MR) is 50.4 cm³/mol. The molecule has 1 heteroatoms. The molecule has 0 amide bonds.